The molecular formula is C14H8Cl2F4O. The van der Waals surface area contributed by atoms with Crippen LogP contribution in [-0.4, -0.2) is 5.11 Å². The SMILES string of the molecule is OC(c1ccc(C(F)(F)F)c(F)c1)c1ccc(Cl)c(Cl)c1. The fourth-order valence-corrected chi connectivity index (χ4v) is 2.11. The Labute approximate surface area is 127 Å². The zero-order valence-corrected chi connectivity index (χ0v) is 11.8. The lowest BCUT2D eigenvalue weighted by Crippen LogP contribution is -2.09. The standard InChI is InChI=1S/C14H8Cl2F4O/c15-10-4-2-7(5-11(10)16)13(21)8-1-3-9(12(17)6-8)14(18,19)20/h1-6,13,21H. The minimum absolute atomic E-state index is 0.0149. The average molecular weight is 339 g/mol. The fourth-order valence-electron chi connectivity index (χ4n) is 1.81. The van der Waals surface area contributed by atoms with Crippen LogP contribution in [0, 0.1) is 5.82 Å². The minimum Gasteiger partial charge on any atom is -0.384 e. The molecule has 0 amide bonds. The number of aliphatic hydroxyl groups is 1. The zero-order chi connectivity index (χ0) is 15.8. The normalized spacial score (nSPS) is 13.3. The van der Waals surface area contributed by atoms with Crippen LogP contribution in [0.25, 0.3) is 0 Å². The number of aliphatic hydroxyl groups excluding tert-OH is 1. The molecule has 0 radical (unpaired) electrons. The summed E-state index contributed by atoms with van der Waals surface area (Å²) in [5.74, 6) is -1.45. The molecular weight excluding hydrogens is 331 g/mol. The van der Waals surface area contributed by atoms with Gasteiger partial charge in [0.1, 0.15) is 11.9 Å². The van der Waals surface area contributed by atoms with Crippen LogP contribution in [0.2, 0.25) is 10.0 Å². The van der Waals surface area contributed by atoms with E-state index in [-0.39, 0.29) is 15.6 Å². The van der Waals surface area contributed by atoms with Crippen LogP contribution >= 0.6 is 23.2 Å². The Morgan fingerprint density at radius 2 is 1.48 bits per heavy atom. The van der Waals surface area contributed by atoms with E-state index in [1.54, 1.807) is 0 Å². The monoisotopic (exact) mass is 338 g/mol. The smallest absolute Gasteiger partial charge is 0.384 e. The summed E-state index contributed by atoms with van der Waals surface area (Å²) in [5.41, 5.74) is -1.10. The van der Waals surface area contributed by atoms with Gasteiger partial charge in [0.25, 0.3) is 0 Å². The Morgan fingerprint density at radius 1 is 0.905 bits per heavy atom. The highest BCUT2D eigenvalue weighted by atomic mass is 35.5. The van der Waals surface area contributed by atoms with Crippen molar-refractivity contribution in [1.29, 1.82) is 0 Å². The van der Waals surface area contributed by atoms with Crippen molar-refractivity contribution in [3.8, 4) is 0 Å². The van der Waals surface area contributed by atoms with E-state index in [2.05, 4.69) is 0 Å². The molecule has 0 saturated carbocycles. The van der Waals surface area contributed by atoms with Gasteiger partial charge in [0.2, 0.25) is 0 Å². The molecule has 0 spiro atoms. The fraction of sp³-hybridized carbons (Fsp3) is 0.143. The van der Waals surface area contributed by atoms with Crippen LogP contribution < -0.4 is 0 Å². The first-order valence-corrected chi connectivity index (χ1v) is 6.45. The summed E-state index contributed by atoms with van der Waals surface area (Å²) in [6.07, 6.45) is -6.09. The molecule has 1 N–H and O–H groups in total. The van der Waals surface area contributed by atoms with Gasteiger partial charge in [-0.3, -0.25) is 0 Å². The number of alkyl halides is 3. The van der Waals surface area contributed by atoms with Crippen molar-refractivity contribution >= 4 is 23.2 Å². The van der Waals surface area contributed by atoms with Crippen LogP contribution in [0.5, 0.6) is 0 Å². The molecule has 1 atom stereocenters. The first-order valence-electron chi connectivity index (χ1n) is 5.70. The van der Waals surface area contributed by atoms with Crippen LogP contribution in [0.4, 0.5) is 17.6 Å². The molecule has 2 rings (SSSR count). The van der Waals surface area contributed by atoms with Gasteiger partial charge in [0.15, 0.2) is 0 Å². The lowest BCUT2D eigenvalue weighted by atomic mass is 10.00. The largest absolute Gasteiger partial charge is 0.419 e. The number of benzene rings is 2. The second kappa shape index (κ2) is 5.83. The highest BCUT2D eigenvalue weighted by Gasteiger charge is 2.34. The zero-order valence-electron chi connectivity index (χ0n) is 10.3. The molecule has 0 aromatic heterocycles. The predicted molar refractivity (Wildman–Crippen MR) is 71.9 cm³/mol. The Morgan fingerprint density at radius 3 is 2.00 bits per heavy atom. The van der Waals surface area contributed by atoms with Crippen molar-refractivity contribution in [2.45, 2.75) is 12.3 Å². The molecule has 0 bridgehead atoms. The number of hydrogen-bond acceptors (Lipinski definition) is 1. The summed E-state index contributed by atoms with van der Waals surface area (Å²) in [5, 5.41) is 10.5. The topological polar surface area (TPSA) is 20.2 Å². The van der Waals surface area contributed by atoms with Gasteiger partial charge in [-0.2, -0.15) is 13.2 Å². The molecule has 0 saturated heterocycles. The van der Waals surface area contributed by atoms with E-state index in [0.29, 0.717) is 17.7 Å². The predicted octanol–water partition coefficient (Wildman–Crippen LogP) is 5.23. The summed E-state index contributed by atoms with van der Waals surface area (Å²) in [6, 6.07) is 6.50. The van der Waals surface area contributed by atoms with E-state index in [1.807, 2.05) is 0 Å². The van der Waals surface area contributed by atoms with E-state index in [1.165, 1.54) is 18.2 Å². The molecule has 112 valence electrons. The summed E-state index contributed by atoms with van der Waals surface area (Å²) in [4.78, 5) is 0. The van der Waals surface area contributed by atoms with Crippen molar-refractivity contribution in [1.82, 2.24) is 0 Å². The third-order valence-corrected chi connectivity index (χ3v) is 3.61. The summed E-state index contributed by atoms with van der Waals surface area (Å²) in [6.45, 7) is 0. The molecule has 0 fully saturated rings. The summed E-state index contributed by atoms with van der Waals surface area (Å²) >= 11 is 11.5. The summed E-state index contributed by atoms with van der Waals surface area (Å²) < 4.78 is 50.9. The molecule has 1 nitrogen and oxygen atoms in total. The molecule has 0 heterocycles. The third-order valence-electron chi connectivity index (χ3n) is 2.87. The van der Waals surface area contributed by atoms with E-state index in [0.717, 1.165) is 6.07 Å². The van der Waals surface area contributed by atoms with Crippen molar-refractivity contribution in [2.75, 3.05) is 0 Å². The van der Waals surface area contributed by atoms with Gasteiger partial charge in [-0.25, -0.2) is 4.39 Å². The Kier molecular flexibility index (Phi) is 4.46. The van der Waals surface area contributed by atoms with Crippen LogP contribution in [0.1, 0.15) is 22.8 Å². The van der Waals surface area contributed by atoms with Gasteiger partial charge in [-0.15, -0.1) is 0 Å². The molecule has 7 heteroatoms. The van der Waals surface area contributed by atoms with Gasteiger partial charge in [-0.1, -0.05) is 35.3 Å². The molecule has 0 aliphatic rings. The van der Waals surface area contributed by atoms with Gasteiger partial charge >= 0.3 is 6.18 Å². The maximum Gasteiger partial charge on any atom is 0.419 e. The Bertz CT molecular complexity index is 671. The van der Waals surface area contributed by atoms with Crippen molar-refractivity contribution in [3.05, 3.63) is 69.0 Å². The van der Waals surface area contributed by atoms with Gasteiger partial charge < -0.3 is 5.11 Å². The molecule has 2 aromatic carbocycles. The van der Waals surface area contributed by atoms with Crippen molar-refractivity contribution in [2.24, 2.45) is 0 Å². The number of rotatable bonds is 2. The van der Waals surface area contributed by atoms with Crippen LogP contribution in [0.3, 0.4) is 0 Å². The second-order valence-electron chi connectivity index (χ2n) is 4.31. The number of hydrogen-bond donors (Lipinski definition) is 1. The molecule has 21 heavy (non-hydrogen) atoms. The molecule has 2 aromatic rings. The Hall–Kier alpha value is -1.30. The second-order valence-corrected chi connectivity index (χ2v) is 5.13. The average Bonchev–Trinajstić information content (AvgIpc) is 2.39. The molecule has 0 aliphatic heterocycles. The minimum atomic E-state index is -4.78. The maximum absolute atomic E-state index is 13.5. The lowest BCUT2D eigenvalue weighted by Gasteiger charge is -2.14. The van der Waals surface area contributed by atoms with Crippen LogP contribution in [-0.2, 0) is 6.18 Å². The number of halogens is 6. The van der Waals surface area contributed by atoms with Crippen LogP contribution in [0.15, 0.2) is 36.4 Å². The highest BCUT2D eigenvalue weighted by molar-refractivity contribution is 6.42. The maximum atomic E-state index is 13.5. The van der Waals surface area contributed by atoms with Gasteiger partial charge in [-0.05, 0) is 35.4 Å². The summed E-state index contributed by atoms with van der Waals surface area (Å²) in [7, 11) is 0. The first kappa shape index (κ1) is 16.1. The molecule has 1 unspecified atom stereocenters. The van der Waals surface area contributed by atoms with E-state index in [4.69, 9.17) is 23.2 Å². The van der Waals surface area contributed by atoms with Crippen molar-refractivity contribution < 1.29 is 22.7 Å². The quantitative estimate of drug-likeness (QED) is 0.743. The van der Waals surface area contributed by atoms with E-state index >= 15 is 0 Å². The third kappa shape index (κ3) is 3.48. The Balaban J connectivity index is 2.38. The van der Waals surface area contributed by atoms with Crippen molar-refractivity contribution in [3.63, 3.8) is 0 Å². The van der Waals surface area contributed by atoms with E-state index < -0.39 is 23.7 Å². The van der Waals surface area contributed by atoms with Gasteiger partial charge in [0, 0.05) is 0 Å². The van der Waals surface area contributed by atoms with E-state index in [9.17, 15) is 22.7 Å². The molecule has 0 aliphatic carbocycles. The van der Waals surface area contributed by atoms with Gasteiger partial charge in [0.05, 0.1) is 15.6 Å². The first-order chi connectivity index (χ1) is 9.70. The highest BCUT2D eigenvalue weighted by Crippen LogP contribution is 2.34. The lowest BCUT2D eigenvalue weighted by molar-refractivity contribution is -0.140.